The Morgan fingerprint density at radius 2 is 1.71 bits per heavy atom. The molecule has 3 aromatic rings. The number of nitrogens with zero attached hydrogens (tertiary/aromatic N) is 1. The summed E-state index contributed by atoms with van der Waals surface area (Å²) in [4.78, 5) is 24.8. The van der Waals surface area contributed by atoms with Crippen molar-refractivity contribution in [1.82, 2.24) is 9.88 Å². The lowest BCUT2D eigenvalue weighted by Gasteiger charge is -2.10. The molecule has 0 spiro atoms. The molecule has 162 valence electrons. The van der Waals surface area contributed by atoms with E-state index in [9.17, 15) is 19.1 Å². The van der Waals surface area contributed by atoms with Crippen LogP contribution in [0.1, 0.15) is 27.9 Å². The minimum atomic E-state index is -0.648. The normalized spacial score (nSPS) is 10.8. The number of carbonyl (C=O) groups excluding carboxylic acids is 1. The van der Waals surface area contributed by atoms with Gasteiger partial charge in [0.1, 0.15) is 5.82 Å². The highest BCUT2D eigenvalue weighted by atomic mass is 35.5. The van der Waals surface area contributed by atoms with E-state index < -0.39 is 17.2 Å². The highest BCUT2D eigenvalue weighted by Gasteiger charge is 2.15. The highest BCUT2D eigenvalue weighted by Crippen LogP contribution is 2.23. The average Bonchev–Trinajstić information content (AvgIpc) is 2.75. The molecule has 1 aromatic heterocycles. The number of rotatable bonds is 8. The first-order chi connectivity index (χ1) is 14.8. The van der Waals surface area contributed by atoms with E-state index in [2.05, 4.69) is 5.32 Å². The van der Waals surface area contributed by atoms with Crippen LogP contribution in [-0.4, -0.2) is 22.1 Å². The molecule has 0 unspecified atom stereocenters. The van der Waals surface area contributed by atoms with Gasteiger partial charge in [-0.3, -0.25) is 9.59 Å². The Labute approximate surface area is 189 Å². The van der Waals surface area contributed by atoms with E-state index in [0.717, 1.165) is 11.1 Å². The van der Waals surface area contributed by atoms with Crippen molar-refractivity contribution in [3.63, 3.8) is 0 Å². The van der Waals surface area contributed by atoms with Gasteiger partial charge in [0.25, 0.3) is 11.5 Å². The molecule has 0 saturated heterocycles. The zero-order valence-corrected chi connectivity index (χ0v) is 18.1. The van der Waals surface area contributed by atoms with E-state index in [1.165, 1.54) is 29.0 Å². The molecule has 0 aliphatic rings. The number of amides is 1. The first-order valence-electron chi connectivity index (χ1n) is 9.74. The summed E-state index contributed by atoms with van der Waals surface area (Å²) >= 11 is 11.9. The first-order valence-corrected chi connectivity index (χ1v) is 10.5. The van der Waals surface area contributed by atoms with Crippen LogP contribution in [0.15, 0.2) is 59.5 Å². The van der Waals surface area contributed by atoms with E-state index in [0.29, 0.717) is 42.4 Å². The van der Waals surface area contributed by atoms with Crippen molar-refractivity contribution in [2.24, 2.45) is 0 Å². The van der Waals surface area contributed by atoms with Crippen LogP contribution >= 0.6 is 23.2 Å². The second-order valence-electron chi connectivity index (χ2n) is 7.06. The van der Waals surface area contributed by atoms with Crippen LogP contribution in [0.25, 0.3) is 0 Å². The summed E-state index contributed by atoms with van der Waals surface area (Å²) in [5, 5.41) is 13.9. The Morgan fingerprint density at radius 1 is 1.00 bits per heavy atom. The van der Waals surface area contributed by atoms with Crippen LogP contribution in [0.2, 0.25) is 10.0 Å². The molecule has 31 heavy (non-hydrogen) atoms. The summed E-state index contributed by atoms with van der Waals surface area (Å²) in [5.41, 5.74) is 1.13. The summed E-state index contributed by atoms with van der Waals surface area (Å²) in [6, 6.07) is 12.8. The second-order valence-corrected chi connectivity index (χ2v) is 7.88. The monoisotopic (exact) mass is 462 g/mol. The predicted octanol–water partition coefficient (Wildman–Crippen LogP) is 4.61. The molecule has 0 bridgehead atoms. The van der Waals surface area contributed by atoms with Crippen molar-refractivity contribution in [3.8, 4) is 5.75 Å². The summed E-state index contributed by atoms with van der Waals surface area (Å²) in [6.45, 7) is 0.662. The van der Waals surface area contributed by atoms with Crippen LogP contribution in [0.5, 0.6) is 5.75 Å². The van der Waals surface area contributed by atoms with Gasteiger partial charge >= 0.3 is 0 Å². The Morgan fingerprint density at radius 3 is 2.42 bits per heavy atom. The van der Waals surface area contributed by atoms with Gasteiger partial charge in [-0.05, 0) is 60.7 Å². The number of aryl methyl sites for hydroxylation is 3. The molecule has 2 N–H and O–H groups in total. The maximum absolute atomic E-state index is 13.0. The number of carbonyl (C=O) groups is 1. The van der Waals surface area contributed by atoms with Crippen molar-refractivity contribution in [2.45, 2.75) is 25.8 Å². The third-order valence-corrected chi connectivity index (χ3v) is 5.59. The van der Waals surface area contributed by atoms with Crippen molar-refractivity contribution >= 4 is 29.1 Å². The zero-order valence-electron chi connectivity index (χ0n) is 16.6. The third kappa shape index (κ3) is 6.09. The van der Waals surface area contributed by atoms with Gasteiger partial charge in [0.15, 0.2) is 5.75 Å². The van der Waals surface area contributed by atoms with Crippen molar-refractivity contribution in [1.29, 1.82) is 0 Å². The number of benzene rings is 2. The van der Waals surface area contributed by atoms with Gasteiger partial charge in [-0.15, -0.1) is 0 Å². The zero-order chi connectivity index (χ0) is 22.4. The van der Waals surface area contributed by atoms with Crippen LogP contribution in [-0.2, 0) is 19.4 Å². The number of aromatic nitrogens is 1. The molecule has 0 aliphatic carbocycles. The Bertz CT molecular complexity index is 1130. The molecule has 0 saturated carbocycles. The van der Waals surface area contributed by atoms with E-state index in [1.807, 2.05) is 6.07 Å². The van der Waals surface area contributed by atoms with Gasteiger partial charge in [-0.1, -0.05) is 41.4 Å². The average molecular weight is 463 g/mol. The van der Waals surface area contributed by atoms with Gasteiger partial charge in [-0.2, -0.15) is 0 Å². The van der Waals surface area contributed by atoms with Crippen molar-refractivity contribution in [2.75, 3.05) is 6.54 Å². The number of hydrogen-bond donors (Lipinski definition) is 2. The van der Waals surface area contributed by atoms with Crippen LogP contribution in [0.4, 0.5) is 4.39 Å². The fourth-order valence-corrected chi connectivity index (χ4v) is 3.43. The van der Waals surface area contributed by atoms with Crippen LogP contribution in [0, 0.1) is 5.82 Å². The molecular weight excluding hydrogens is 442 g/mol. The topological polar surface area (TPSA) is 71.3 Å². The van der Waals surface area contributed by atoms with Gasteiger partial charge in [0, 0.05) is 19.3 Å². The summed E-state index contributed by atoms with van der Waals surface area (Å²) in [6.07, 6.45) is 3.30. The number of aromatic hydroxyl groups is 1. The molecule has 1 heterocycles. The van der Waals surface area contributed by atoms with Gasteiger partial charge in [0.2, 0.25) is 0 Å². The maximum Gasteiger partial charge on any atom is 0.293 e. The summed E-state index contributed by atoms with van der Waals surface area (Å²) in [5.74, 6) is -1.44. The SMILES string of the molecule is O=C(NCCCc1ccc(Cl)c(Cl)c1)c1ccn(CCc2ccc(F)cc2)c(=O)c1O. The highest BCUT2D eigenvalue weighted by molar-refractivity contribution is 6.42. The lowest BCUT2D eigenvalue weighted by Crippen LogP contribution is -2.28. The molecule has 0 radical (unpaired) electrons. The van der Waals surface area contributed by atoms with Gasteiger partial charge in [0.05, 0.1) is 15.6 Å². The van der Waals surface area contributed by atoms with Gasteiger partial charge < -0.3 is 15.0 Å². The van der Waals surface area contributed by atoms with Crippen LogP contribution in [0.3, 0.4) is 0 Å². The maximum atomic E-state index is 13.0. The molecule has 3 rings (SSSR count). The fraction of sp³-hybridized carbons (Fsp3) is 0.217. The Balaban J connectivity index is 1.54. The third-order valence-electron chi connectivity index (χ3n) is 4.85. The number of pyridine rings is 1. The molecule has 2 aromatic carbocycles. The summed E-state index contributed by atoms with van der Waals surface area (Å²) < 4.78 is 14.3. The molecular formula is C23H21Cl2FN2O3. The van der Waals surface area contributed by atoms with E-state index in [1.54, 1.807) is 24.3 Å². The van der Waals surface area contributed by atoms with Crippen molar-refractivity contribution in [3.05, 3.63) is 97.6 Å². The Kier molecular flexibility index (Phi) is 7.71. The predicted molar refractivity (Wildman–Crippen MR) is 120 cm³/mol. The van der Waals surface area contributed by atoms with E-state index in [-0.39, 0.29) is 11.4 Å². The smallest absolute Gasteiger partial charge is 0.293 e. The molecule has 0 fully saturated rings. The fourth-order valence-electron chi connectivity index (χ4n) is 3.11. The minimum absolute atomic E-state index is 0.0717. The summed E-state index contributed by atoms with van der Waals surface area (Å²) in [7, 11) is 0. The molecule has 8 heteroatoms. The molecule has 5 nitrogen and oxygen atoms in total. The lowest BCUT2D eigenvalue weighted by molar-refractivity contribution is 0.0950. The first kappa shape index (κ1) is 22.8. The van der Waals surface area contributed by atoms with E-state index >= 15 is 0 Å². The van der Waals surface area contributed by atoms with E-state index in [4.69, 9.17) is 23.2 Å². The van der Waals surface area contributed by atoms with Crippen LogP contribution < -0.4 is 10.9 Å². The largest absolute Gasteiger partial charge is 0.502 e. The Hall–Kier alpha value is -2.83. The number of hydrogen-bond acceptors (Lipinski definition) is 3. The quantitative estimate of drug-likeness (QED) is 0.480. The standard InChI is InChI=1S/C23H21Cl2FN2O3/c24-19-8-5-16(14-20(19)25)2-1-11-27-22(30)18-10-13-28(23(31)21(18)29)12-9-15-3-6-17(26)7-4-15/h3-8,10,13-14,29H,1-2,9,11-12H2,(H,27,30). The van der Waals surface area contributed by atoms with Gasteiger partial charge in [-0.25, -0.2) is 4.39 Å². The minimum Gasteiger partial charge on any atom is -0.502 e. The molecule has 1 amide bonds. The lowest BCUT2D eigenvalue weighted by atomic mass is 10.1. The van der Waals surface area contributed by atoms with Crippen molar-refractivity contribution < 1.29 is 14.3 Å². The molecule has 0 aliphatic heterocycles. The number of halogens is 3. The molecule has 0 atom stereocenters. The number of nitrogens with one attached hydrogen (secondary N) is 1. The second kappa shape index (κ2) is 10.5.